The van der Waals surface area contributed by atoms with Crippen LogP contribution in [0.4, 0.5) is 5.82 Å². The van der Waals surface area contributed by atoms with Gasteiger partial charge in [-0.1, -0.05) is 0 Å². The van der Waals surface area contributed by atoms with Crippen LogP contribution in [0.3, 0.4) is 0 Å². The van der Waals surface area contributed by atoms with Crippen LogP contribution < -0.4 is 5.73 Å². The minimum absolute atomic E-state index is 0.609. The first-order valence-corrected chi connectivity index (χ1v) is 2.62. The number of nitrogen functional groups attached to an aromatic ring is 1. The number of aromatic nitrogens is 2. The Morgan fingerprint density at radius 2 is 2.50 bits per heavy atom. The zero-order valence-electron chi connectivity index (χ0n) is 4.51. The van der Waals surface area contributed by atoms with E-state index in [-0.39, 0.29) is 0 Å². The van der Waals surface area contributed by atoms with Crippen LogP contribution in [-0.4, -0.2) is 9.55 Å². The average Bonchev–Trinajstić information content (AvgIpc) is 1.85. The van der Waals surface area contributed by atoms with E-state index < -0.39 is 0 Å². The maximum atomic E-state index is 5.34. The van der Waals surface area contributed by atoms with Crippen molar-refractivity contribution < 1.29 is 0 Å². The fraction of sp³-hybridized carbons (Fsp3) is 0.250. The molecule has 3 nitrogen and oxygen atoms in total. The van der Waals surface area contributed by atoms with Gasteiger partial charge in [0, 0.05) is 13.2 Å². The molecule has 1 rings (SSSR count). The SMILES string of the molecule is Cn1cc(N)[nH]c1=S. The molecule has 1 aromatic rings. The van der Waals surface area contributed by atoms with Gasteiger partial charge in [-0.3, -0.25) is 0 Å². The Kier molecular flexibility index (Phi) is 1.09. The van der Waals surface area contributed by atoms with Crippen LogP contribution in [0, 0.1) is 4.77 Å². The predicted molar refractivity (Wildman–Crippen MR) is 35.0 cm³/mol. The van der Waals surface area contributed by atoms with Gasteiger partial charge in [-0.05, 0) is 12.2 Å². The quantitative estimate of drug-likeness (QED) is 0.506. The summed E-state index contributed by atoms with van der Waals surface area (Å²) in [6, 6.07) is 0. The summed E-state index contributed by atoms with van der Waals surface area (Å²) in [5, 5.41) is 0. The molecule has 0 atom stereocenters. The second kappa shape index (κ2) is 1.63. The number of H-pyrrole nitrogens is 1. The number of imidazole rings is 1. The Balaban J connectivity index is 3.35. The third kappa shape index (κ3) is 0.742. The standard InChI is InChI=1S/C4H7N3S/c1-7-2-3(5)6-4(7)8/h2H,5H2,1H3,(H,6,8). The minimum Gasteiger partial charge on any atom is -0.384 e. The molecule has 0 aliphatic rings. The van der Waals surface area contributed by atoms with Crippen LogP contribution >= 0.6 is 12.2 Å². The number of hydrogen-bond acceptors (Lipinski definition) is 2. The molecule has 8 heavy (non-hydrogen) atoms. The van der Waals surface area contributed by atoms with Crippen molar-refractivity contribution in [2.24, 2.45) is 7.05 Å². The molecule has 0 saturated carbocycles. The Morgan fingerprint density at radius 3 is 2.62 bits per heavy atom. The summed E-state index contributed by atoms with van der Waals surface area (Å²) in [6.07, 6.45) is 1.74. The second-order valence-corrected chi connectivity index (χ2v) is 2.01. The molecule has 4 heteroatoms. The van der Waals surface area contributed by atoms with Gasteiger partial charge in [0.05, 0.1) is 0 Å². The topological polar surface area (TPSA) is 46.7 Å². The second-order valence-electron chi connectivity index (χ2n) is 1.63. The fourth-order valence-electron chi connectivity index (χ4n) is 0.511. The number of nitrogens with two attached hydrogens (primary N) is 1. The number of aryl methyl sites for hydroxylation is 1. The largest absolute Gasteiger partial charge is 0.384 e. The molecule has 0 aromatic carbocycles. The van der Waals surface area contributed by atoms with Crippen LogP contribution in [0.25, 0.3) is 0 Å². The molecule has 0 unspecified atom stereocenters. The normalized spacial score (nSPS) is 9.62. The molecule has 0 bridgehead atoms. The lowest BCUT2D eigenvalue weighted by Gasteiger charge is -1.79. The first-order chi connectivity index (χ1) is 3.70. The Morgan fingerprint density at radius 1 is 1.88 bits per heavy atom. The summed E-state index contributed by atoms with van der Waals surface area (Å²) in [4.78, 5) is 2.76. The van der Waals surface area contributed by atoms with Gasteiger partial charge in [-0.15, -0.1) is 0 Å². The zero-order valence-corrected chi connectivity index (χ0v) is 5.33. The smallest absolute Gasteiger partial charge is 0.178 e. The van der Waals surface area contributed by atoms with Crippen LogP contribution in [-0.2, 0) is 7.05 Å². The lowest BCUT2D eigenvalue weighted by Crippen LogP contribution is -1.82. The van der Waals surface area contributed by atoms with E-state index in [2.05, 4.69) is 4.98 Å². The number of hydrogen-bond donors (Lipinski definition) is 2. The van der Waals surface area contributed by atoms with Crippen molar-refractivity contribution in [1.82, 2.24) is 9.55 Å². The highest BCUT2D eigenvalue weighted by Gasteiger charge is 1.86. The van der Waals surface area contributed by atoms with E-state index in [0.717, 1.165) is 0 Å². The number of rotatable bonds is 0. The van der Waals surface area contributed by atoms with Crippen molar-refractivity contribution in [3.63, 3.8) is 0 Å². The Hall–Kier alpha value is -0.770. The molecule has 3 N–H and O–H groups in total. The minimum atomic E-state index is 0.609. The number of nitrogens with zero attached hydrogens (tertiary/aromatic N) is 1. The predicted octanol–water partition coefficient (Wildman–Crippen LogP) is 0.665. The van der Waals surface area contributed by atoms with Gasteiger partial charge in [0.25, 0.3) is 0 Å². The number of aromatic amines is 1. The first-order valence-electron chi connectivity index (χ1n) is 2.21. The molecule has 0 aliphatic heterocycles. The van der Waals surface area contributed by atoms with Gasteiger partial charge in [-0.2, -0.15) is 0 Å². The van der Waals surface area contributed by atoms with Crippen molar-refractivity contribution in [3.05, 3.63) is 11.0 Å². The third-order valence-electron chi connectivity index (χ3n) is 0.904. The zero-order chi connectivity index (χ0) is 6.15. The first kappa shape index (κ1) is 5.37. The van der Waals surface area contributed by atoms with E-state index >= 15 is 0 Å². The van der Waals surface area contributed by atoms with E-state index in [1.165, 1.54) is 0 Å². The lowest BCUT2D eigenvalue weighted by atomic mass is 10.8. The van der Waals surface area contributed by atoms with E-state index in [4.69, 9.17) is 18.0 Å². The third-order valence-corrected chi connectivity index (χ3v) is 1.29. The molecule has 0 radical (unpaired) electrons. The number of nitrogens with one attached hydrogen (secondary N) is 1. The van der Waals surface area contributed by atoms with E-state index in [9.17, 15) is 0 Å². The molecule has 44 valence electrons. The summed E-state index contributed by atoms with van der Waals surface area (Å²) in [7, 11) is 1.84. The van der Waals surface area contributed by atoms with E-state index in [0.29, 0.717) is 10.6 Å². The van der Waals surface area contributed by atoms with E-state index in [1.54, 1.807) is 10.8 Å². The van der Waals surface area contributed by atoms with Crippen LogP contribution in [0.15, 0.2) is 6.20 Å². The molecule has 0 aliphatic carbocycles. The summed E-state index contributed by atoms with van der Waals surface area (Å²) < 4.78 is 2.41. The highest BCUT2D eigenvalue weighted by Crippen LogP contribution is 1.94. The Bertz CT molecular complexity index is 234. The van der Waals surface area contributed by atoms with Crippen LogP contribution in [0.5, 0.6) is 0 Å². The average molecular weight is 129 g/mol. The van der Waals surface area contributed by atoms with Gasteiger partial charge >= 0.3 is 0 Å². The summed E-state index contributed by atoms with van der Waals surface area (Å²) >= 11 is 4.80. The fourth-order valence-corrected chi connectivity index (χ4v) is 0.682. The van der Waals surface area contributed by atoms with Gasteiger partial charge in [0.2, 0.25) is 0 Å². The van der Waals surface area contributed by atoms with Gasteiger partial charge in [0.15, 0.2) is 4.77 Å². The summed E-state index contributed by atoms with van der Waals surface area (Å²) in [5.41, 5.74) is 5.34. The summed E-state index contributed by atoms with van der Waals surface area (Å²) in [6.45, 7) is 0. The van der Waals surface area contributed by atoms with E-state index in [1.807, 2.05) is 7.05 Å². The van der Waals surface area contributed by atoms with Gasteiger partial charge in [-0.25, -0.2) is 0 Å². The molecular weight excluding hydrogens is 122 g/mol. The molecule has 0 saturated heterocycles. The van der Waals surface area contributed by atoms with Gasteiger partial charge < -0.3 is 15.3 Å². The molecule has 0 amide bonds. The molecule has 0 spiro atoms. The van der Waals surface area contributed by atoms with Crippen molar-refractivity contribution in [2.75, 3.05) is 5.73 Å². The maximum absolute atomic E-state index is 5.34. The highest BCUT2D eigenvalue weighted by atomic mass is 32.1. The lowest BCUT2D eigenvalue weighted by molar-refractivity contribution is 0.894. The van der Waals surface area contributed by atoms with Gasteiger partial charge in [0.1, 0.15) is 5.82 Å². The Labute approximate surface area is 52.1 Å². The number of anilines is 1. The van der Waals surface area contributed by atoms with Crippen LogP contribution in [0.2, 0.25) is 0 Å². The maximum Gasteiger partial charge on any atom is 0.178 e. The molecule has 1 aromatic heterocycles. The van der Waals surface area contributed by atoms with Crippen molar-refractivity contribution in [1.29, 1.82) is 0 Å². The molecule has 1 heterocycles. The van der Waals surface area contributed by atoms with Crippen molar-refractivity contribution in [2.45, 2.75) is 0 Å². The molecule has 0 fully saturated rings. The highest BCUT2D eigenvalue weighted by molar-refractivity contribution is 7.71. The molecular formula is C4H7N3S. The monoisotopic (exact) mass is 129 g/mol. The van der Waals surface area contributed by atoms with Crippen LogP contribution in [0.1, 0.15) is 0 Å². The van der Waals surface area contributed by atoms with Crippen molar-refractivity contribution in [3.8, 4) is 0 Å². The van der Waals surface area contributed by atoms with Crippen molar-refractivity contribution >= 4 is 18.0 Å². The summed E-state index contributed by atoms with van der Waals surface area (Å²) in [5.74, 6) is 0.609.